The third-order valence-corrected chi connectivity index (χ3v) is 1.36. The number of carboxylic acid groups (broad SMARTS) is 2. The third kappa shape index (κ3) is 7.49. The average molecular weight is 505 g/mol. The molecule has 0 atom stereocenters. The van der Waals surface area contributed by atoms with E-state index in [0.29, 0.717) is 0 Å². The fourth-order valence-corrected chi connectivity index (χ4v) is 0.742. The molecule has 0 spiro atoms. The molecule has 1 rings (SSSR count). The van der Waals surface area contributed by atoms with E-state index in [4.69, 9.17) is 0 Å². The Kier molecular flexibility index (Phi) is 8.45. The second-order valence-corrected chi connectivity index (χ2v) is 26.4. The van der Waals surface area contributed by atoms with Gasteiger partial charge in [0.05, 0.1) is 11.9 Å². The number of benzene rings is 1. The van der Waals surface area contributed by atoms with Crippen molar-refractivity contribution in [3.05, 3.63) is 35.4 Å². The van der Waals surface area contributed by atoms with Gasteiger partial charge in [-0.1, -0.05) is 24.3 Å². The van der Waals surface area contributed by atoms with Crippen molar-refractivity contribution in [3.8, 4) is 0 Å². The van der Waals surface area contributed by atoms with E-state index in [1.807, 2.05) is 0 Å². The summed E-state index contributed by atoms with van der Waals surface area (Å²) in [6, 6.07) is 4.61. The zero-order valence-corrected chi connectivity index (χ0v) is 13.9. The Morgan fingerprint density at radius 3 is 1.19 bits per heavy atom. The molecule has 0 radical (unpaired) electrons. The molecular weight excluding hydrogens is 501 g/mol. The third-order valence-electron chi connectivity index (χ3n) is 1.36. The van der Waals surface area contributed by atoms with E-state index in [9.17, 15) is 19.8 Å². The van der Waals surface area contributed by atoms with Crippen LogP contribution in [0.15, 0.2) is 24.3 Å². The van der Waals surface area contributed by atoms with Crippen molar-refractivity contribution in [2.45, 2.75) is 0 Å². The number of carboxylic acids is 2. The zero-order chi connectivity index (χ0) is 12.7. The summed E-state index contributed by atoms with van der Waals surface area (Å²) in [5.41, 5.74) is -0.111. The minimum absolute atomic E-state index is 0.0556. The zero-order valence-electron chi connectivity index (χ0n) is 7.43. The Bertz CT molecular complexity index is 330. The van der Waals surface area contributed by atoms with Crippen molar-refractivity contribution in [1.82, 2.24) is 0 Å². The molecule has 0 aliphatic carbocycles. The molecule has 0 N–H and O–H groups in total. The van der Waals surface area contributed by atoms with Gasteiger partial charge in [0, 0.05) is 0 Å². The summed E-state index contributed by atoms with van der Waals surface area (Å²) in [6.07, 6.45) is 0. The van der Waals surface area contributed by atoms with Gasteiger partial charge in [-0.05, 0) is 11.1 Å². The Balaban J connectivity index is 0.000000487. The fourth-order valence-electron chi connectivity index (χ4n) is 0.742. The summed E-state index contributed by atoms with van der Waals surface area (Å²) in [7, 11) is -0.732. The number of carbonyl (C=O) groups excluding carboxylic acids is 2. The van der Waals surface area contributed by atoms with Gasteiger partial charge in [0.15, 0.2) is 0 Å². The second-order valence-electron chi connectivity index (χ2n) is 2.30. The first-order chi connectivity index (χ1) is 7.34. The van der Waals surface area contributed by atoms with E-state index < -0.39 is 22.0 Å². The standard InChI is InChI=1S/C8H6O4.3BrH.Ru/c9-7(10)5-1-2-6(4-3-5)8(11)12;;;;/h1-4H,(H,9,10)(H,11,12);3*1H;/q;;;;+5/p-5. The van der Waals surface area contributed by atoms with Crippen LogP contribution in [0.1, 0.15) is 20.7 Å². The normalized spacial score (nSPS) is 9.25. The van der Waals surface area contributed by atoms with Gasteiger partial charge in [0.1, 0.15) is 0 Å². The van der Waals surface area contributed by atoms with Gasteiger partial charge in [-0.2, -0.15) is 0 Å². The molecule has 0 unspecified atom stereocenters. The fraction of sp³-hybridized carbons (Fsp3) is 0. The predicted molar refractivity (Wildman–Crippen MR) is 61.9 cm³/mol. The van der Waals surface area contributed by atoms with Crippen LogP contribution in [-0.2, 0) is 10.1 Å². The van der Waals surface area contributed by atoms with E-state index in [-0.39, 0.29) is 11.1 Å². The number of aromatic carboxylic acids is 2. The van der Waals surface area contributed by atoms with E-state index in [1.165, 1.54) is 0 Å². The van der Waals surface area contributed by atoms with Crippen LogP contribution in [0.4, 0.5) is 0 Å². The number of hydrogen-bond acceptors (Lipinski definition) is 4. The predicted octanol–water partition coefficient (Wildman–Crippen LogP) is 0.948. The van der Waals surface area contributed by atoms with Gasteiger partial charge in [-0.15, -0.1) is 0 Å². The van der Waals surface area contributed by atoms with Crippen LogP contribution in [0.2, 0.25) is 0 Å². The molecule has 0 amide bonds. The first kappa shape index (κ1) is 16.2. The Hall–Kier alpha value is 0.223. The van der Waals surface area contributed by atoms with E-state index in [2.05, 4.69) is 40.9 Å². The average Bonchev–Trinajstić information content (AvgIpc) is 2.17. The second kappa shape index (κ2) is 8.33. The summed E-state index contributed by atoms with van der Waals surface area (Å²) < 4.78 is 0. The van der Waals surface area contributed by atoms with Crippen molar-refractivity contribution in [2.24, 2.45) is 0 Å². The van der Waals surface area contributed by atoms with Crippen LogP contribution < -0.4 is 10.2 Å². The maximum absolute atomic E-state index is 10.2. The molecule has 0 saturated heterocycles. The molecule has 8 heteroatoms. The maximum atomic E-state index is 10.2. The summed E-state index contributed by atoms with van der Waals surface area (Å²) in [5, 5.41) is 20.4. The Morgan fingerprint density at radius 1 is 0.875 bits per heavy atom. The molecule has 89 valence electrons. The van der Waals surface area contributed by atoms with Crippen LogP contribution in [0.3, 0.4) is 0 Å². The summed E-state index contributed by atoms with van der Waals surface area (Å²) in [6.45, 7) is 0. The molecule has 0 aliphatic heterocycles. The topological polar surface area (TPSA) is 80.3 Å². The van der Waals surface area contributed by atoms with E-state index >= 15 is 0 Å². The minimum atomic E-state index is -1.33. The van der Waals surface area contributed by atoms with Crippen LogP contribution in [0, 0.1) is 0 Å². The van der Waals surface area contributed by atoms with Gasteiger partial charge >= 0.3 is 50.9 Å². The molecule has 0 bridgehead atoms. The number of carbonyl (C=O) groups is 2. The molecule has 0 heterocycles. The SMILES string of the molecule is O=C([O-])c1ccc(C(=O)[O-])cc1.[Br][Ru+2]([Br])[Br]. The van der Waals surface area contributed by atoms with Gasteiger partial charge in [0.25, 0.3) is 0 Å². The first-order valence-corrected chi connectivity index (χ1v) is 15.5. The summed E-state index contributed by atoms with van der Waals surface area (Å²) in [5.74, 6) is -2.67. The van der Waals surface area contributed by atoms with Crippen molar-refractivity contribution in [3.63, 3.8) is 0 Å². The quantitative estimate of drug-likeness (QED) is 0.562. The molecule has 0 aromatic heterocycles. The van der Waals surface area contributed by atoms with Gasteiger partial charge < -0.3 is 19.8 Å². The molecule has 0 saturated carbocycles. The van der Waals surface area contributed by atoms with E-state index in [0.717, 1.165) is 24.3 Å². The van der Waals surface area contributed by atoms with Crippen molar-refractivity contribution >= 4 is 52.8 Å². The van der Waals surface area contributed by atoms with Crippen LogP contribution in [-0.4, -0.2) is 11.9 Å². The van der Waals surface area contributed by atoms with Crippen LogP contribution in [0.5, 0.6) is 0 Å². The number of halogens is 3. The molecule has 1 aromatic carbocycles. The van der Waals surface area contributed by atoms with Crippen molar-refractivity contribution in [2.75, 3.05) is 0 Å². The number of hydrogen-bond donors (Lipinski definition) is 0. The molecular formula is C8H4Br3O4Ru. The van der Waals surface area contributed by atoms with Gasteiger partial charge in [-0.25, -0.2) is 0 Å². The number of rotatable bonds is 2. The van der Waals surface area contributed by atoms with Crippen molar-refractivity contribution in [1.29, 1.82) is 0 Å². The Morgan fingerprint density at radius 2 is 1.06 bits per heavy atom. The van der Waals surface area contributed by atoms with Crippen LogP contribution >= 0.6 is 40.9 Å². The summed E-state index contributed by atoms with van der Waals surface area (Å²) >= 11 is 9.74. The molecule has 0 aliphatic rings. The Labute approximate surface area is 117 Å². The molecule has 4 nitrogen and oxygen atoms in total. The molecule has 1 aromatic rings. The van der Waals surface area contributed by atoms with Gasteiger partial charge in [0.2, 0.25) is 0 Å². The van der Waals surface area contributed by atoms with Crippen molar-refractivity contribution < 1.29 is 29.9 Å². The summed E-state index contributed by atoms with van der Waals surface area (Å²) in [4.78, 5) is 20.4. The molecule has 0 fully saturated rings. The van der Waals surface area contributed by atoms with Crippen LogP contribution in [0.25, 0.3) is 0 Å². The monoisotopic (exact) mass is 503 g/mol. The first-order valence-electron chi connectivity index (χ1n) is 3.54. The van der Waals surface area contributed by atoms with Gasteiger partial charge in [-0.3, -0.25) is 0 Å². The van der Waals surface area contributed by atoms with E-state index in [1.54, 1.807) is 0 Å². The molecule has 16 heavy (non-hydrogen) atoms.